The van der Waals surface area contributed by atoms with Gasteiger partial charge in [-0.1, -0.05) is 96.8 Å². The number of hydrogen-bond donors (Lipinski definition) is 0. The second-order valence-electron chi connectivity index (χ2n) is 10.8. The molecule has 0 amide bonds. The summed E-state index contributed by atoms with van der Waals surface area (Å²) in [4.78, 5) is 12.0. The minimum atomic E-state index is -4.33. The zero-order chi connectivity index (χ0) is 25.1. The van der Waals surface area contributed by atoms with Crippen molar-refractivity contribution in [1.82, 2.24) is 0 Å². The van der Waals surface area contributed by atoms with Gasteiger partial charge in [0, 0.05) is 0 Å². The quantitative estimate of drug-likeness (QED) is 0.104. The Labute approximate surface area is 210 Å². The molecule has 8 heteroatoms. The van der Waals surface area contributed by atoms with Crippen LogP contribution in [-0.2, 0) is 23.1 Å². The first-order valence-electron chi connectivity index (χ1n) is 13.9. The highest BCUT2D eigenvalue weighted by Gasteiger charge is 2.28. The van der Waals surface area contributed by atoms with Crippen LogP contribution in [0.5, 0.6) is 0 Å². The Bertz CT molecular complexity index is 528. The zero-order valence-corrected chi connectivity index (χ0v) is 23.5. The van der Waals surface area contributed by atoms with Gasteiger partial charge in [0.25, 0.3) is 7.82 Å². The second-order valence-corrected chi connectivity index (χ2v) is 12.2. The van der Waals surface area contributed by atoms with E-state index in [9.17, 15) is 9.46 Å². The minimum absolute atomic E-state index is 0.0472. The Hall–Kier alpha value is -0.0100. The molecule has 7 nitrogen and oxygen atoms in total. The lowest BCUT2D eigenvalue weighted by Crippen LogP contribution is -2.41. The average Bonchev–Trinajstić information content (AvgIpc) is 2.77. The SMILES string of the molecule is CCCCCCCCCCCCCCCC[C@@H]1OCCO[C@H]1COP(=O)([O-])OCC[N+](C)(C)C. The molecule has 0 radical (unpaired) electrons. The number of rotatable bonds is 22. The van der Waals surface area contributed by atoms with Crippen LogP contribution in [0.4, 0.5) is 0 Å². The molecule has 1 aliphatic rings. The first-order chi connectivity index (χ1) is 16.2. The minimum Gasteiger partial charge on any atom is -0.756 e. The van der Waals surface area contributed by atoms with Crippen LogP contribution >= 0.6 is 7.82 Å². The molecule has 0 saturated carbocycles. The van der Waals surface area contributed by atoms with Gasteiger partial charge in [-0.05, 0) is 6.42 Å². The van der Waals surface area contributed by atoms with Gasteiger partial charge in [0.1, 0.15) is 19.3 Å². The maximum Gasteiger partial charge on any atom is 0.268 e. The van der Waals surface area contributed by atoms with Crippen molar-refractivity contribution in [2.45, 2.75) is 115 Å². The Morgan fingerprint density at radius 3 is 1.74 bits per heavy atom. The van der Waals surface area contributed by atoms with Crippen LogP contribution < -0.4 is 4.89 Å². The summed E-state index contributed by atoms with van der Waals surface area (Å²) in [5.41, 5.74) is 0. The Kier molecular flexibility index (Phi) is 18.0. The van der Waals surface area contributed by atoms with Gasteiger partial charge in [-0.2, -0.15) is 0 Å². The van der Waals surface area contributed by atoms with E-state index in [1.54, 1.807) is 0 Å². The topological polar surface area (TPSA) is 77.1 Å². The van der Waals surface area contributed by atoms with Crippen molar-refractivity contribution >= 4 is 7.82 Å². The summed E-state index contributed by atoms with van der Waals surface area (Å²) in [7, 11) is 1.61. The molecule has 3 atom stereocenters. The molecule has 0 aliphatic carbocycles. The van der Waals surface area contributed by atoms with Crippen LogP contribution in [0.1, 0.15) is 103 Å². The van der Waals surface area contributed by atoms with E-state index >= 15 is 0 Å². The monoisotopic (exact) mass is 507 g/mol. The van der Waals surface area contributed by atoms with E-state index in [4.69, 9.17) is 18.5 Å². The standard InChI is InChI=1S/C26H54NO6P/c1-5-6-7-8-9-10-11-12-13-14-15-16-17-18-19-25-26(31-23-22-30-25)24-33-34(28,29)32-21-20-27(2,3)4/h25-26H,5-24H2,1-4H3/t25-,26-/m0/s1. The molecule has 1 unspecified atom stereocenters. The maximum absolute atomic E-state index is 12.0. The molecule has 0 aromatic heterocycles. The largest absolute Gasteiger partial charge is 0.756 e. The molecule has 0 N–H and O–H groups in total. The molecular weight excluding hydrogens is 453 g/mol. The van der Waals surface area contributed by atoms with Crippen LogP contribution in [0, 0.1) is 0 Å². The third-order valence-corrected chi connectivity index (χ3v) is 7.38. The molecule has 0 spiro atoms. The van der Waals surface area contributed by atoms with Crippen molar-refractivity contribution in [3.05, 3.63) is 0 Å². The smallest absolute Gasteiger partial charge is 0.268 e. The predicted molar refractivity (Wildman–Crippen MR) is 137 cm³/mol. The van der Waals surface area contributed by atoms with Gasteiger partial charge in [-0.3, -0.25) is 4.57 Å². The molecule has 1 heterocycles. The maximum atomic E-state index is 12.0. The number of phosphoric acid groups is 1. The molecule has 204 valence electrons. The lowest BCUT2D eigenvalue weighted by molar-refractivity contribution is -0.870. The molecule has 34 heavy (non-hydrogen) atoms. The van der Waals surface area contributed by atoms with Gasteiger partial charge >= 0.3 is 0 Å². The van der Waals surface area contributed by atoms with Crippen LogP contribution in [-0.4, -0.2) is 70.8 Å². The molecule has 0 bridgehead atoms. The van der Waals surface area contributed by atoms with Gasteiger partial charge < -0.3 is 27.9 Å². The van der Waals surface area contributed by atoms with Crippen molar-refractivity contribution in [3.63, 3.8) is 0 Å². The van der Waals surface area contributed by atoms with Gasteiger partial charge in [-0.25, -0.2) is 0 Å². The van der Waals surface area contributed by atoms with Crippen molar-refractivity contribution < 1.29 is 32.5 Å². The van der Waals surface area contributed by atoms with Crippen molar-refractivity contribution in [3.8, 4) is 0 Å². The Morgan fingerprint density at radius 1 is 0.765 bits per heavy atom. The summed E-state index contributed by atoms with van der Waals surface area (Å²) >= 11 is 0. The predicted octanol–water partition coefficient (Wildman–Crippen LogP) is 5.85. The lowest BCUT2D eigenvalue weighted by atomic mass is 10.0. The number of unbranched alkanes of at least 4 members (excludes halogenated alkanes) is 13. The fourth-order valence-corrected chi connectivity index (χ4v) is 4.92. The van der Waals surface area contributed by atoms with Gasteiger partial charge in [0.05, 0.1) is 47.1 Å². The van der Waals surface area contributed by atoms with Gasteiger partial charge in [0.2, 0.25) is 0 Å². The van der Waals surface area contributed by atoms with E-state index in [1.807, 2.05) is 21.1 Å². The first-order valence-corrected chi connectivity index (χ1v) is 15.3. The van der Waals surface area contributed by atoms with Crippen LogP contribution in [0.15, 0.2) is 0 Å². The second kappa shape index (κ2) is 19.1. The molecule has 1 saturated heterocycles. The number of nitrogens with zero attached hydrogens (tertiary/aromatic N) is 1. The highest BCUT2D eigenvalue weighted by molar-refractivity contribution is 7.45. The van der Waals surface area contributed by atoms with E-state index in [1.165, 1.54) is 83.5 Å². The molecule has 1 aliphatic heterocycles. The summed E-state index contributed by atoms with van der Waals surface area (Å²) < 4.78 is 34.4. The molecular formula is C26H54NO6P. The molecule has 1 fully saturated rings. The summed E-state index contributed by atoms with van der Waals surface area (Å²) in [6.45, 7) is 3.93. The van der Waals surface area contributed by atoms with Crippen molar-refractivity contribution in [1.29, 1.82) is 0 Å². The van der Waals surface area contributed by atoms with Gasteiger partial charge in [0.15, 0.2) is 0 Å². The van der Waals surface area contributed by atoms with Gasteiger partial charge in [-0.15, -0.1) is 0 Å². The van der Waals surface area contributed by atoms with Crippen molar-refractivity contribution in [2.75, 3.05) is 54.1 Å². The highest BCUT2D eigenvalue weighted by atomic mass is 31.2. The number of quaternary nitrogens is 1. The van der Waals surface area contributed by atoms with Crippen LogP contribution in [0.2, 0.25) is 0 Å². The number of likely N-dealkylation sites (N-methyl/N-ethyl adjacent to an activating group) is 1. The van der Waals surface area contributed by atoms with E-state index in [2.05, 4.69) is 6.92 Å². The average molecular weight is 508 g/mol. The van der Waals surface area contributed by atoms with E-state index in [0.29, 0.717) is 24.2 Å². The van der Waals surface area contributed by atoms with E-state index < -0.39 is 7.82 Å². The first kappa shape index (κ1) is 32.0. The van der Waals surface area contributed by atoms with E-state index in [-0.39, 0.29) is 25.4 Å². The van der Waals surface area contributed by atoms with E-state index in [0.717, 1.165) is 12.8 Å². The van der Waals surface area contributed by atoms with Crippen LogP contribution in [0.25, 0.3) is 0 Å². The Morgan fingerprint density at radius 2 is 1.24 bits per heavy atom. The third-order valence-electron chi connectivity index (χ3n) is 6.41. The number of hydrogen-bond acceptors (Lipinski definition) is 6. The number of ether oxygens (including phenoxy) is 2. The highest BCUT2D eigenvalue weighted by Crippen LogP contribution is 2.39. The summed E-state index contributed by atoms with van der Waals surface area (Å²) in [6, 6.07) is 0. The summed E-state index contributed by atoms with van der Waals surface area (Å²) in [5.74, 6) is 0. The van der Waals surface area contributed by atoms with Crippen molar-refractivity contribution in [2.24, 2.45) is 0 Å². The third kappa shape index (κ3) is 18.3. The van der Waals surface area contributed by atoms with Crippen LogP contribution in [0.3, 0.4) is 0 Å². The fraction of sp³-hybridized carbons (Fsp3) is 1.00. The normalized spacial score (nSPS) is 21.0. The summed E-state index contributed by atoms with van der Waals surface area (Å²) in [6.07, 6.45) is 19.0. The number of phosphoric ester groups is 1. The fourth-order valence-electron chi connectivity index (χ4n) is 4.21. The molecule has 1 rings (SSSR count). The zero-order valence-electron chi connectivity index (χ0n) is 22.6. The molecule has 0 aromatic carbocycles. The Balaban J connectivity index is 2.06. The summed E-state index contributed by atoms with van der Waals surface area (Å²) in [5, 5.41) is 0. The lowest BCUT2D eigenvalue weighted by Gasteiger charge is -2.34. The molecule has 0 aromatic rings.